The maximum absolute atomic E-state index is 12.4. The van der Waals surface area contributed by atoms with Gasteiger partial charge in [0.1, 0.15) is 5.82 Å². The number of halogens is 1. The molecule has 7 heteroatoms. The number of hydrogen-bond acceptors (Lipinski definition) is 4. The third kappa shape index (κ3) is 4.62. The van der Waals surface area contributed by atoms with Crippen LogP contribution in [-0.2, 0) is 4.79 Å². The van der Waals surface area contributed by atoms with Crippen molar-refractivity contribution >= 4 is 40.7 Å². The van der Waals surface area contributed by atoms with Crippen LogP contribution in [0.4, 0.5) is 5.82 Å². The largest absolute Gasteiger partial charge is 0.307 e. The van der Waals surface area contributed by atoms with Crippen molar-refractivity contribution in [3.8, 4) is 16.4 Å². The topological polar surface area (TPSA) is 59.8 Å². The molecule has 1 N–H and O–H groups in total. The van der Waals surface area contributed by atoms with Crippen LogP contribution in [0.15, 0.2) is 72.1 Å². The van der Waals surface area contributed by atoms with Gasteiger partial charge in [-0.2, -0.15) is 9.78 Å². The lowest BCUT2D eigenvalue weighted by Gasteiger charge is -2.04. The SMILES string of the molecule is Cc1cc(NC(=O)/C=C\c2ccccc2)n(-c2nc(-c3ccc(Cl)cc3)cs2)n1. The molecule has 4 aromatic rings. The van der Waals surface area contributed by atoms with Gasteiger partial charge in [-0.25, -0.2) is 4.98 Å². The first-order chi connectivity index (χ1) is 14.1. The number of nitrogens with zero attached hydrogens (tertiary/aromatic N) is 3. The summed E-state index contributed by atoms with van der Waals surface area (Å²) in [5.41, 5.74) is 3.55. The van der Waals surface area contributed by atoms with Gasteiger partial charge >= 0.3 is 0 Å². The molecule has 0 unspecified atom stereocenters. The van der Waals surface area contributed by atoms with Gasteiger partial charge in [-0.3, -0.25) is 4.79 Å². The van der Waals surface area contributed by atoms with E-state index in [2.05, 4.69) is 15.4 Å². The van der Waals surface area contributed by atoms with Crippen LogP contribution in [0, 0.1) is 6.92 Å². The summed E-state index contributed by atoms with van der Waals surface area (Å²) in [4.78, 5) is 17.0. The van der Waals surface area contributed by atoms with Crippen LogP contribution in [0.3, 0.4) is 0 Å². The monoisotopic (exact) mass is 420 g/mol. The second-order valence-electron chi connectivity index (χ2n) is 6.34. The zero-order chi connectivity index (χ0) is 20.2. The van der Waals surface area contributed by atoms with Crippen molar-refractivity contribution < 1.29 is 4.79 Å². The molecular weight excluding hydrogens is 404 g/mol. The number of rotatable bonds is 5. The quantitative estimate of drug-likeness (QED) is 0.427. The lowest BCUT2D eigenvalue weighted by Crippen LogP contribution is -2.12. The van der Waals surface area contributed by atoms with Crippen molar-refractivity contribution in [3.63, 3.8) is 0 Å². The molecular formula is C22H17ClN4OS. The Labute approximate surface area is 177 Å². The van der Waals surface area contributed by atoms with Crippen molar-refractivity contribution in [2.75, 3.05) is 5.32 Å². The second kappa shape index (κ2) is 8.43. The molecule has 0 atom stereocenters. The van der Waals surface area contributed by atoms with Crippen LogP contribution in [0.25, 0.3) is 22.5 Å². The van der Waals surface area contributed by atoms with E-state index >= 15 is 0 Å². The van der Waals surface area contributed by atoms with E-state index in [0.29, 0.717) is 16.0 Å². The number of nitrogens with one attached hydrogen (secondary N) is 1. The molecule has 0 aliphatic rings. The molecule has 5 nitrogen and oxygen atoms in total. The fraction of sp³-hybridized carbons (Fsp3) is 0.0455. The highest BCUT2D eigenvalue weighted by Crippen LogP contribution is 2.27. The van der Waals surface area contributed by atoms with Gasteiger partial charge in [0, 0.05) is 28.1 Å². The minimum Gasteiger partial charge on any atom is -0.307 e. The number of benzene rings is 2. The van der Waals surface area contributed by atoms with E-state index in [-0.39, 0.29) is 5.91 Å². The first-order valence-corrected chi connectivity index (χ1v) is 10.2. The Bertz CT molecular complexity index is 1160. The number of carbonyl (C=O) groups is 1. The number of hydrogen-bond donors (Lipinski definition) is 1. The van der Waals surface area contributed by atoms with Crippen molar-refractivity contribution in [1.29, 1.82) is 0 Å². The summed E-state index contributed by atoms with van der Waals surface area (Å²) in [7, 11) is 0. The van der Waals surface area contributed by atoms with Crippen molar-refractivity contribution in [3.05, 3.63) is 88.4 Å². The standard InChI is InChI=1S/C22H17ClN4OS/c1-15-13-20(25-21(28)12-7-16-5-3-2-4-6-16)27(26-15)22-24-19(14-29-22)17-8-10-18(23)11-9-17/h2-14H,1H3,(H,25,28)/b12-7-. The van der Waals surface area contributed by atoms with Crippen LogP contribution in [-0.4, -0.2) is 20.7 Å². The van der Waals surface area contributed by atoms with Gasteiger partial charge in [-0.05, 0) is 30.7 Å². The lowest BCUT2D eigenvalue weighted by molar-refractivity contribution is -0.111. The molecule has 2 aromatic heterocycles. The van der Waals surface area contributed by atoms with Crippen LogP contribution in [0.1, 0.15) is 11.3 Å². The van der Waals surface area contributed by atoms with Gasteiger partial charge in [0.15, 0.2) is 0 Å². The molecule has 29 heavy (non-hydrogen) atoms. The Kier molecular flexibility index (Phi) is 5.55. The van der Waals surface area contributed by atoms with Crippen LogP contribution >= 0.6 is 22.9 Å². The van der Waals surface area contributed by atoms with Crippen molar-refractivity contribution in [2.24, 2.45) is 0 Å². The molecule has 0 radical (unpaired) electrons. The highest BCUT2D eigenvalue weighted by molar-refractivity contribution is 7.12. The summed E-state index contributed by atoms with van der Waals surface area (Å²) >= 11 is 7.41. The third-order valence-electron chi connectivity index (χ3n) is 4.12. The Balaban J connectivity index is 1.55. The summed E-state index contributed by atoms with van der Waals surface area (Å²) in [5.74, 6) is 0.340. The number of aromatic nitrogens is 3. The summed E-state index contributed by atoms with van der Waals surface area (Å²) in [5, 5.41) is 10.7. The molecule has 0 spiro atoms. The molecule has 0 saturated heterocycles. The molecule has 0 bridgehead atoms. The minimum absolute atomic E-state index is 0.232. The average molecular weight is 421 g/mol. The van der Waals surface area contributed by atoms with Gasteiger partial charge in [-0.1, -0.05) is 54.1 Å². The third-order valence-corrected chi connectivity index (χ3v) is 5.19. The number of aryl methyl sites for hydroxylation is 1. The predicted octanol–water partition coefficient (Wildman–Crippen LogP) is 5.61. The van der Waals surface area contributed by atoms with Gasteiger partial charge in [-0.15, -0.1) is 11.3 Å². The fourth-order valence-electron chi connectivity index (χ4n) is 2.75. The fourth-order valence-corrected chi connectivity index (χ4v) is 3.67. The van der Waals surface area contributed by atoms with E-state index in [1.807, 2.05) is 73.0 Å². The highest BCUT2D eigenvalue weighted by Gasteiger charge is 2.13. The first kappa shape index (κ1) is 19.1. The van der Waals surface area contributed by atoms with Crippen LogP contribution in [0.2, 0.25) is 5.02 Å². The zero-order valence-electron chi connectivity index (χ0n) is 15.5. The zero-order valence-corrected chi connectivity index (χ0v) is 17.1. The summed E-state index contributed by atoms with van der Waals surface area (Å²) < 4.78 is 1.65. The van der Waals surface area contributed by atoms with Crippen LogP contribution in [0.5, 0.6) is 0 Å². The number of amides is 1. The second-order valence-corrected chi connectivity index (χ2v) is 7.61. The van der Waals surface area contributed by atoms with E-state index in [0.717, 1.165) is 22.5 Å². The summed E-state index contributed by atoms with van der Waals surface area (Å²) in [6.45, 7) is 1.87. The van der Waals surface area contributed by atoms with Gasteiger partial charge < -0.3 is 5.32 Å². The molecule has 0 aliphatic carbocycles. The van der Waals surface area contributed by atoms with Crippen molar-refractivity contribution in [2.45, 2.75) is 6.92 Å². The van der Waals surface area contributed by atoms with Crippen LogP contribution < -0.4 is 5.32 Å². The molecule has 2 aromatic carbocycles. The molecule has 0 fully saturated rings. The van der Waals surface area contributed by atoms with Gasteiger partial charge in [0.2, 0.25) is 11.0 Å². The maximum Gasteiger partial charge on any atom is 0.249 e. The number of anilines is 1. The van der Waals surface area contributed by atoms with E-state index in [9.17, 15) is 4.79 Å². The minimum atomic E-state index is -0.232. The number of carbonyl (C=O) groups excluding carboxylic acids is 1. The summed E-state index contributed by atoms with van der Waals surface area (Å²) in [6, 6.07) is 19.0. The lowest BCUT2D eigenvalue weighted by atomic mass is 10.2. The van der Waals surface area contributed by atoms with E-state index in [1.54, 1.807) is 10.8 Å². The molecule has 1 amide bonds. The normalized spacial score (nSPS) is 11.1. The van der Waals surface area contributed by atoms with Gasteiger partial charge in [0.05, 0.1) is 11.4 Å². The van der Waals surface area contributed by atoms with E-state index < -0.39 is 0 Å². The van der Waals surface area contributed by atoms with E-state index in [4.69, 9.17) is 11.6 Å². The number of thiazole rings is 1. The Morgan fingerprint density at radius 3 is 2.66 bits per heavy atom. The average Bonchev–Trinajstić information content (AvgIpc) is 3.34. The summed E-state index contributed by atoms with van der Waals surface area (Å²) in [6.07, 6.45) is 3.27. The maximum atomic E-state index is 12.4. The smallest absolute Gasteiger partial charge is 0.249 e. The predicted molar refractivity (Wildman–Crippen MR) is 119 cm³/mol. The Morgan fingerprint density at radius 1 is 1.14 bits per heavy atom. The molecule has 144 valence electrons. The molecule has 4 rings (SSSR count). The Hall–Kier alpha value is -3.22. The van der Waals surface area contributed by atoms with Gasteiger partial charge in [0.25, 0.3) is 0 Å². The molecule has 0 saturated carbocycles. The first-order valence-electron chi connectivity index (χ1n) is 8.91. The molecule has 0 aliphatic heterocycles. The highest BCUT2D eigenvalue weighted by atomic mass is 35.5. The van der Waals surface area contributed by atoms with Crippen molar-refractivity contribution in [1.82, 2.24) is 14.8 Å². The van der Waals surface area contributed by atoms with E-state index in [1.165, 1.54) is 17.4 Å². The molecule has 2 heterocycles. The Morgan fingerprint density at radius 2 is 1.90 bits per heavy atom.